The molecule has 1 N–H and O–H groups in total. The van der Waals surface area contributed by atoms with E-state index >= 15 is 0 Å². The molecule has 10 heteroatoms. The highest BCUT2D eigenvalue weighted by molar-refractivity contribution is 7.89. The molecule has 3 aliphatic heterocycles. The van der Waals surface area contributed by atoms with E-state index in [1.807, 2.05) is 4.90 Å². The minimum Gasteiger partial charge on any atom is -0.454 e. The molecule has 2 amide bonds. The number of carbonyl (C=O) groups excluding carboxylic acids is 2. The second kappa shape index (κ2) is 9.27. The zero-order valence-corrected chi connectivity index (χ0v) is 19.4. The van der Waals surface area contributed by atoms with E-state index in [0.717, 1.165) is 12.8 Å². The molecule has 0 spiro atoms. The SMILES string of the molecule is CC(C)S(=O)(=O)N1CCC(C(NC(=O)c2ccc3c(c2)OCO3)C(=O)N2CCCC2)CC1. The van der Waals surface area contributed by atoms with Crippen molar-refractivity contribution >= 4 is 21.8 Å². The molecule has 2 saturated heterocycles. The summed E-state index contributed by atoms with van der Waals surface area (Å²) in [6.07, 6.45) is 2.97. The van der Waals surface area contributed by atoms with Crippen molar-refractivity contribution < 1.29 is 27.5 Å². The van der Waals surface area contributed by atoms with Crippen molar-refractivity contribution in [1.29, 1.82) is 0 Å². The Balaban J connectivity index is 1.49. The maximum Gasteiger partial charge on any atom is 0.252 e. The zero-order valence-electron chi connectivity index (χ0n) is 18.6. The molecule has 1 unspecified atom stereocenters. The fourth-order valence-electron chi connectivity index (χ4n) is 4.54. The lowest BCUT2D eigenvalue weighted by atomic mass is 9.89. The van der Waals surface area contributed by atoms with Crippen LogP contribution in [-0.4, -0.2) is 73.7 Å². The smallest absolute Gasteiger partial charge is 0.252 e. The predicted octanol–water partition coefficient (Wildman–Crippen LogP) is 1.59. The number of likely N-dealkylation sites (tertiary alicyclic amines) is 1. The van der Waals surface area contributed by atoms with Crippen molar-refractivity contribution in [3.63, 3.8) is 0 Å². The van der Waals surface area contributed by atoms with Gasteiger partial charge in [-0.1, -0.05) is 0 Å². The van der Waals surface area contributed by atoms with Gasteiger partial charge in [-0.2, -0.15) is 0 Å². The Morgan fingerprint density at radius 2 is 1.69 bits per heavy atom. The van der Waals surface area contributed by atoms with Crippen LogP contribution < -0.4 is 14.8 Å². The van der Waals surface area contributed by atoms with Crippen molar-refractivity contribution in [2.45, 2.75) is 50.8 Å². The molecule has 176 valence electrons. The molecule has 9 nitrogen and oxygen atoms in total. The summed E-state index contributed by atoms with van der Waals surface area (Å²) in [6.45, 7) is 5.56. The van der Waals surface area contributed by atoms with Crippen LogP contribution in [-0.2, 0) is 14.8 Å². The lowest BCUT2D eigenvalue weighted by molar-refractivity contribution is -0.133. The second-order valence-corrected chi connectivity index (χ2v) is 11.4. The summed E-state index contributed by atoms with van der Waals surface area (Å²) in [4.78, 5) is 28.2. The number of nitrogens with zero attached hydrogens (tertiary/aromatic N) is 2. The molecule has 0 radical (unpaired) electrons. The molecule has 32 heavy (non-hydrogen) atoms. The molecular formula is C22H31N3O6S. The number of amides is 2. The molecule has 2 fully saturated rings. The van der Waals surface area contributed by atoms with E-state index in [9.17, 15) is 18.0 Å². The molecule has 4 rings (SSSR count). The number of piperidine rings is 1. The fourth-order valence-corrected chi connectivity index (χ4v) is 5.86. The first kappa shape index (κ1) is 22.8. The maximum absolute atomic E-state index is 13.3. The average molecular weight is 466 g/mol. The quantitative estimate of drug-likeness (QED) is 0.684. The lowest BCUT2D eigenvalue weighted by Crippen LogP contribution is -2.54. The Morgan fingerprint density at radius 3 is 2.34 bits per heavy atom. The van der Waals surface area contributed by atoms with Crippen molar-refractivity contribution in [3.05, 3.63) is 23.8 Å². The molecular weight excluding hydrogens is 434 g/mol. The van der Waals surface area contributed by atoms with Gasteiger partial charge >= 0.3 is 0 Å². The molecule has 3 heterocycles. The Labute approximate surface area is 189 Å². The molecule has 0 saturated carbocycles. The molecule has 1 aromatic carbocycles. The van der Waals surface area contributed by atoms with Gasteiger partial charge in [0.2, 0.25) is 22.7 Å². The summed E-state index contributed by atoms with van der Waals surface area (Å²) < 4.78 is 37.2. The van der Waals surface area contributed by atoms with Gasteiger partial charge in [-0.05, 0) is 63.6 Å². The van der Waals surface area contributed by atoms with Gasteiger partial charge in [0.05, 0.1) is 5.25 Å². The standard InChI is InChI=1S/C22H31N3O6S/c1-15(2)32(28,29)25-11-7-16(8-12-25)20(22(27)24-9-3-4-10-24)23-21(26)17-5-6-18-19(13-17)31-14-30-18/h5-6,13,15-16,20H,3-4,7-12,14H2,1-2H3,(H,23,26). The van der Waals surface area contributed by atoms with E-state index < -0.39 is 21.3 Å². The first-order valence-electron chi connectivity index (χ1n) is 11.3. The van der Waals surface area contributed by atoms with Gasteiger partial charge in [-0.25, -0.2) is 12.7 Å². The summed E-state index contributed by atoms with van der Waals surface area (Å²) in [6, 6.07) is 4.27. The van der Waals surface area contributed by atoms with E-state index in [1.165, 1.54) is 4.31 Å². The number of ether oxygens (including phenoxy) is 2. The van der Waals surface area contributed by atoms with Crippen LogP contribution in [0.1, 0.15) is 49.9 Å². The third kappa shape index (κ3) is 4.56. The fraction of sp³-hybridized carbons (Fsp3) is 0.636. The summed E-state index contributed by atoms with van der Waals surface area (Å²) in [7, 11) is -3.33. The third-order valence-electron chi connectivity index (χ3n) is 6.53. The van der Waals surface area contributed by atoms with Crippen LogP contribution in [0.15, 0.2) is 18.2 Å². The average Bonchev–Trinajstić information content (AvgIpc) is 3.48. The number of carbonyl (C=O) groups is 2. The Hall–Kier alpha value is -2.33. The van der Waals surface area contributed by atoms with Gasteiger partial charge in [0, 0.05) is 31.7 Å². The maximum atomic E-state index is 13.3. The van der Waals surface area contributed by atoms with E-state index in [0.29, 0.717) is 56.1 Å². The van der Waals surface area contributed by atoms with Gasteiger partial charge in [0.15, 0.2) is 11.5 Å². The van der Waals surface area contributed by atoms with E-state index in [2.05, 4.69) is 5.32 Å². The predicted molar refractivity (Wildman–Crippen MR) is 118 cm³/mol. The van der Waals surface area contributed by atoms with Gasteiger partial charge in [0.1, 0.15) is 6.04 Å². The highest BCUT2D eigenvalue weighted by atomic mass is 32.2. The minimum atomic E-state index is -3.33. The molecule has 0 aliphatic carbocycles. The summed E-state index contributed by atoms with van der Waals surface area (Å²) in [5.74, 6) is 0.539. The molecule has 0 aromatic heterocycles. The molecule has 1 atom stereocenters. The van der Waals surface area contributed by atoms with Gasteiger partial charge in [0.25, 0.3) is 5.91 Å². The Morgan fingerprint density at radius 1 is 1.03 bits per heavy atom. The van der Waals surface area contributed by atoms with Crippen molar-refractivity contribution in [2.24, 2.45) is 5.92 Å². The van der Waals surface area contributed by atoms with Crippen LogP contribution in [0.5, 0.6) is 11.5 Å². The molecule has 1 aromatic rings. The minimum absolute atomic E-state index is 0.0817. The van der Waals surface area contributed by atoms with Crippen LogP contribution >= 0.6 is 0 Å². The first-order valence-corrected chi connectivity index (χ1v) is 12.8. The number of rotatable bonds is 6. The van der Waals surface area contributed by atoms with Crippen LogP contribution in [0.2, 0.25) is 0 Å². The van der Waals surface area contributed by atoms with Crippen LogP contribution in [0.25, 0.3) is 0 Å². The van der Waals surface area contributed by atoms with E-state index in [4.69, 9.17) is 9.47 Å². The van der Waals surface area contributed by atoms with Crippen LogP contribution in [0, 0.1) is 5.92 Å². The summed E-state index contributed by atoms with van der Waals surface area (Å²) in [5, 5.41) is 2.47. The van der Waals surface area contributed by atoms with Gasteiger partial charge in [-0.15, -0.1) is 0 Å². The van der Waals surface area contributed by atoms with Crippen molar-refractivity contribution in [3.8, 4) is 11.5 Å². The lowest BCUT2D eigenvalue weighted by Gasteiger charge is -2.37. The number of hydrogen-bond donors (Lipinski definition) is 1. The number of nitrogens with one attached hydrogen (secondary N) is 1. The Kier molecular flexibility index (Phi) is 6.62. The Bertz CT molecular complexity index is 966. The van der Waals surface area contributed by atoms with Gasteiger partial charge < -0.3 is 19.7 Å². The summed E-state index contributed by atoms with van der Waals surface area (Å²) in [5.41, 5.74) is 0.397. The van der Waals surface area contributed by atoms with E-state index in [1.54, 1.807) is 32.0 Å². The highest BCUT2D eigenvalue weighted by Crippen LogP contribution is 2.33. The number of fused-ring (bicyclic) bond motifs is 1. The largest absolute Gasteiger partial charge is 0.454 e. The molecule has 0 bridgehead atoms. The third-order valence-corrected chi connectivity index (χ3v) is 8.81. The van der Waals surface area contributed by atoms with Crippen LogP contribution in [0.4, 0.5) is 0 Å². The number of hydrogen-bond acceptors (Lipinski definition) is 6. The van der Waals surface area contributed by atoms with Crippen LogP contribution in [0.3, 0.4) is 0 Å². The van der Waals surface area contributed by atoms with Crippen molar-refractivity contribution in [1.82, 2.24) is 14.5 Å². The monoisotopic (exact) mass is 465 g/mol. The number of benzene rings is 1. The summed E-state index contributed by atoms with van der Waals surface area (Å²) >= 11 is 0. The first-order chi connectivity index (χ1) is 15.3. The highest BCUT2D eigenvalue weighted by Gasteiger charge is 2.38. The zero-order chi connectivity index (χ0) is 22.9. The normalized spacial score (nSPS) is 20.5. The topological polar surface area (TPSA) is 105 Å². The van der Waals surface area contributed by atoms with Gasteiger partial charge in [-0.3, -0.25) is 9.59 Å². The number of sulfonamides is 1. The molecule has 3 aliphatic rings. The second-order valence-electron chi connectivity index (χ2n) is 8.88. The van der Waals surface area contributed by atoms with Crippen molar-refractivity contribution in [2.75, 3.05) is 33.0 Å². The van der Waals surface area contributed by atoms with E-state index in [-0.39, 0.29) is 24.5 Å².